The summed E-state index contributed by atoms with van der Waals surface area (Å²) in [7, 11) is 1.43. The summed E-state index contributed by atoms with van der Waals surface area (Å²) in [5.41, 5.74) is 4.99. The van der Waals surface area contributed by atoms with Crippen molar-refractivity contribution in [2.45, 2.75) is 12.8 Å². The number of nitrogens with one attached hydrogen (secondary N) is 1. The van der Waals surface area contributed by atoms with Gasteiger partial charge in [0.15, 0.2) is 0 Å². The second-order valence-electron chi connectivity index (χ2n) is 2.91. The number of carbonyl (C=O) groups excluding carboxylic acids is 1. The maximum atomic E-state index is 10.5. The van der Waals surface area contributed by atoms with E-state index in [9.17, 15) is 4.79 Å². The number of halogens is 1. The lowest BCUT2D eigenvalue weighted by molar-refractivity contribution is -0.118. The Bertz CT molecular complexity index is 373. The highest BCUT2D eigenvalue weighted by Gasteiger charge is 2.04. The van der Waals surface area contributed by atoms with E-state index in [4.69, 9.17) is 22.1 Å². The van der Waals surface area contributed by atoms with E-state index in [1.54, 1.807) is 0 Å². The van der Waals surface area contributed by atoms with Gasteiger partial charge in [-0.05, 0) is 18.0 Å². The molecule has 0 spiro atoms. The van der Waals surface area contributed by atoms with Crippen molar-refractivity contribution in [1.29, 1.82) is 0 Å². The molecule has 0 fully saturated rings. The Kier molecular flexibility index (Phi) is 4.71. The molecule has 0 atom stereocenters. The maximum Gasteiger partial charge on any atom is 0.322 e. The van der Waals surface area contributed by atoms with Crippen LogP contribution < -0.4 is 15.8 Å². The van der Waals surface area contributed by atoms with Crippen LogP contribution in [0.15, 0.2) is 0 Å². The molecule has 0 radical (unpaired) electrons. The molecule has 3 N–H and O–H groups in total. The first-order valence-electron chi connectivity index (χ1n) is 4.59. The number of ether oxygens (including phenoxy) is 1. The molecule has 7 nitrogen and oxygen atoms in total. The van der Waals surface area contributed by atoms with Crippen LogP contribution in [-0.4, -0.2) is 34.5 Å². The Hall–Kier alpha value is -1.63. The first kappa shape index (κ1) is 12.4. The lowest BCUT2D eigenvalue weighted by Gasteiger charge is -2.04. The quantitative estimate of drug-likeness (QED) is 0.695. The smallest absolute Gasteiger partial charge is 0.322 e. The fourth-order valence-corrected chi connectivity index (χ4v) is 1.12. The molecule has 8 heteroatoms. The van der Waals surface area contributed by atoms with E-state index in [0.717, 1.165) is 0 Å². The number of hydrogen-bond donors (Lipinski definition) is 2. The number of nitrogens with zero attached hydrogens (tertiary/aromatic N) is 3. The second kappa shape index (κ2) is 6.06. The van der Waals surface area contributed by atoms with Crippen LogP contribution in [0.1, 0.15) is 12.8 Å². The van der Waals surface area contributed by atoms with Gasteiger partial charge in [0.25, 0.3) is 0 Å². The zero-order valence-corrected chi connectivity index (χ0v) is 9.49. The van der Waals surface area contributed by atoms with Crippen LogP contribution in [-0.2, 0) is 4.79 Å². The highest BCUT2D eigenvalue weighted by Crippen LogP contribution is 2.10. The van der Waals surface area contributed by atoms with Crippen LogP contribution in [0.4, 0.5) is 5.95 Å². The van der Waals surface area contributed by atoms with Crippen LogP contribution in [0.2, 0.25) is 5.28 Å². The minimum atomic E-state index is -0.340. The SMILES string of the molecule is COc1nc(Cl)nc(NCCCC(N)=O)n1. The van der Waals surface area contributed by atoms with Crippen LogP contribution >= 0.6 is 11.6 Å². The molecule has 0 aromatic carbocycles. The summed E-state index contributed by atoms with van der Waals surface area (Å²) >= 11 is 5.64. The van der Waals surface area contributed by atoms with Crippen molar-refractivity contribution in [2.24, 2.45) is 5.73 Å². The average Bonchev–Trinajstić information content (AvgIpc) is 2.23. The molecule has 0 unspecified atom stereocenters. The number of rotatable bonds is 6. The van der Waals surface area contributed by atoms with Crippen molar-refractivity contribution in [3.05, 3.63) is 5.28 Å². The maximum absolute atomic E-state index is 10.5. The van der Waals surface area contributed by atoms with Gasteiger partial charge in [0.05, 0.1) is 7.11 Å². The van der Waals surface area contributed by atoms with Crippen LogP contribution in [0.25, 0.3) is 0 Å². The number of aromatic nitrogens is 3. The number of anilines is 1. The number of primary amides is 1. The Morgan fingerprint density at radius 1 is 1.50 bits per heavy atom. The minimum absolute atomic E-state index is 0.0456. The topological polar surface area (TPSA) is 103 Å². The molecule has 16 heavy (non-hydrogen) atoms. The minimum Gasteiger partial charge on any atom is -0.467 e. The molecular formula is C8H12ClN5O2. The summed E-state index contributed by atoms with van der Waals surface area (Å²) in [6, 6.07) is 0.136. The van der Waals surface area contributed by atoms with Crippen molar-refractivity contribution in [1.82, 2.24) is 15.0 Å². The van der Waals surface area contributed by atoms with Crippen molar-refractivity contribution < 1.29 is 9.53 Å². The molecule has 0 aliphatic heterocycles. The Morgan fingerprint density at radius 3 is 2.88 bits per heavy atom. The van der Waals surface area contributed by atoms with Crippen LogP contribution in [0.3, 0.4) is 0 Å². The Balaban J connectivity index is 2.47. The van der Waals surface area contributed by atoms with Gasteiger partial charge in [-0.3, -0.25) is 4.79 Å². The molecule has 0 aliphatic carbocycles. The summed E-state index contributed by atoms with van der Waals surface area (Å²) < 4.78 is 4.82. The van der Waals surface area contributed by atoms with Gasteiger partial charge < -0.3 is 15.8 Å². The van der Waals surface area contributed by atoms with Crippen molar-refractivity contribution in [3.63, 3.8) is 0 Å². The van der Waals surface area contributed by atoms with Gasteiger partial charge in [-0.25, -0.2) is 0 Å². The molecule has 0 saturated carbocycles. The summed E-state index contributed by atoms with van der Waals surface area (Å²) in [4.78, 5) is 21.9. The molecule has 1 amide bonds. The lowest BCUT2D eigenvalue weighted by Crippen LogP contribution is -2.13. The van der Waals surface area contributed by atoms with Gasteiger partial charge in [0.1, 0.15) is 0 Å². The van der Waals surface area contributed by atoms with Crippen LogP contribution in [0, 0.1) is 0 Å². The van der Waals surface area contributed by atoms with E-state index in [1.165, 1.54) is 7.11 Å². The third-order valence-electron chi connectivity index (χ3n) is 1.65. The summed E-state index contributed by atoms with van der Waals surface area (Å²) in [5.74, 6) is -0.0330. The Morgan fingerprint density at radius 2 is 2.25 bits per heavy atom. The van der Waals surface area contributed by atoms with Gasteiger partial charge >= 0.3 is 6.01 Å². The zero-order valence-electron chi connectivity index (χ0n) is 8.73. The van der Waals surface area contributed by atoms with E-state index >= 15 is 0 Å². The van der Waals surface area contributed by atoms with E-state index in [-0.39, 0.29) is 17.2 Å². The van der Waals surface area contributed by atoms with Gasteiger partial charge in [0, 0.05) is 13.0 Å². The predicted molar refractivity (Wildman–Crippen MR) is 58.3 cm³/mol. The third-order valence-corrected chi connectivity index (χ3v) is 1.82. The highest BCUT2D eigenvalue weighted by molar-refractivity contribution is 6.28. The van der Waals surface area contributed by atoms with Gasteiger partial charge in [-0.15, -0.1) is 0 Å². The number of methoxy groups -OCH3 is 1. The third kappa shape index (κ3) is 4.26. The molecule has 1 aromatic heterocycles. The molecule has 1 heterocycles. The number of hydrogen-bond acceptors (Lipinski definition) is 6. The second-order valence-corrected chi connectivity index (χ2v) is 3.25. The fraction of sp³-hybridized carbons (Fsp3) is 0.500. The number of carbonyl (C=O) groups is 1. The molecular weight excluding hydrogens is 234 g/mol. The summed E-state index contributed by atoms with van der Waals surface area (Å²) in [6.07, 6.45) is 0.907. The van der Waals surface area contributed by atoms with Gasteiger partial charge in [0.2, 0.25) is 17.1 Å². The van der Waals surface area contributed by atoms with E-state index in [0.29, 0.717) is 25.3 Å². The molecule has 0 aliphatic rings. The normalized spacial score (nSPS) is 9.88. The largest absolute Gasteiger partial charge is 0.467 e. The van der Waals surface area contributed by atoms with Crippen LogP contribution in [0.5, 0.6) is 6.01 Å². The molecule has 88 valence electrons. The molecule has 0 saturated heterocycles. The molecule has 0 bridgehead atoms. The predicted octanol–water partition coefficient (Wildman–Crippen LogP) is 0.211. The van der Waals surface area contributed by atoms with Crippen molar-refractivity contribution in [3.8, 4) is 6.01 Å². The number of amides is 1. The fourth-order valence-electron chi connectivity index (χ4n) is 0.965. The Labute approximate surface area is 97.4 Å². The molecule has 1 rings (SSSR count). The highest BCUT2D eigenvalue weighted by atomic mass is 35.5. The van der Waals surface area contributed by atoms with Gasteiger partial charge in [-0.1, -0.05) is 0 Å². The van der Waals surface area contributed by atoms with Gasteiger partial charge in [-0.2, -0.15) is 15.0 Å². The monoisotopic (exact) mass is 245 g/mol. The van der Waals surface area contributed by atoms with E-state index < -0.39 is 0 Å². The zero-order chi connectivity index (χ0) is 12.0. The number of nitrogens with two attached hydrogens (primary N) is 1. The summed E-state index contributed by atoms with van der Waals surface area (Å²) in [6.45, 7) is 0.520. The van der Waals surface area contributed by atoms with Crippen molar-refractivity contribution >= 4 is 23.5 Å². The van der Waals surface area contributed by atoms with E-state index in [2.05, 4.69) is 20.3 Å². The molecule has 1 aromatic rings. The standard InChI is InChI=1S/C8H12ClN5O2/c1-16-8-13-6(9)12-7(14-8)11-4-2-3-5(10)15/h2-4H2,1H3,(H2,10,15)(H,11,12,13,14). The van der Waals surface area contributed by atoms with Crippen molar-refractivity contribution in [2.75, 3.05) is 19.0 Å². The first-order chi connectivity index (χ1) is 7.61. The first-order valence-corrected chi connectivity index (χ1v) is 4.97. The average molecular weight is 246 g/mol. The summed E-state index contributed by atoms with van der Waals surface area (Å²) in [5, 5.41) is 2.93. The van der Waals surface area contributed by atoms with E-state index in [1.807, 2.05) is 0 Å². The lowest BCUT2D eigenvalue weighted by atomic mass is 10.3.